The zero-order valence-corrected chi connectivity index (χ0v) is 20.9. The van der Waals surface area contributed by atoms with Gasteiger partial charge >= 0.3 is 0 Å². The van der Waals surface area contributed by atoms with Crippen LogP contribution in [-0.2, 0) is 16.4 Å². The van der Waals surface area contributed by atoms with Crippen LogP contribution in [0.25, 0.3) is 11.1 Å². The average Bonchev–Trinajstić information content (AvgIpc) is 2.93. The molecule has 5 rings (SSSR count). The van der Waals surface area contributed by atoms with Crippen LogP contribution in [0.1, 0.15) is 23.7 Å². The van der Waals surface area contributed by atoms with Gasteiger partial charge in [0.1, 0.15) is 11.9 Å². The number of hydrogen-bond acceptors (Lipinski definition) is 7. The summed E-state index contributed by atoms with van der Waals surface area (Å²) in [7, 11) is -3.70. The van der Waals surface area contributed by atoms with Gasteiger partial charge in [-0.25, -0.2) is 8.42 Å². The van der Waals surface area contributed by atoms with Gasteiger partial charge in [0.15, 0.2) is 0 Å². The first-order chi connectivity index (χ1) is 18.0. The topological polar surface area (TPSA) is 113 Å². The van der Waals surface area contributed by atoms with Gasteiger partial charge in [0.05, 0.1) is 22.9 Å². The first-order valence-corrected chi connectivity index (χ1v) is 13.6. The van der Waals surface area contributed by atoms with Crippen molar-refractivity contribution in [2.45, 2.75) is 29.9 Å². The third-order valence-electron chi connectivity index (χ3n) is 6.28. The molecule has 2 atom stereocenters. The van der Waals surface area contributed by atoms with E-state index in [-0.39, 0.29) is 11.0 Å². The number of aryl methyl sites for hydroxylation is 1. The number of sulfonamides is 1. The Bertz CT molecular complexity index is 1430. The van der Waals surface area contributed by atoms with Crippen LogP contribution in [0, 0.1) is 0 Å². The van der Waals surface area contributed by atoms with Crippen molar-refractivity contribution in [3.8, 4) is 16.9 Å². The Morgan fingerprint density at radius 1 is 0.973 bits per heavy atom. The summed E-state index contributed by atoms with van der Waals surface area (Å²) in [6.07, 6.45) is 7.56. The maximum Gasteiger partial charge on any atom is 0.261 e. The summed E-state index contributed by atoms with van der Waals surface area (Å²) in [6, 6.07) is 19.9. The fraction of sp³-hybridized carbons (Fsp3) is 0.214. The number of aliphatic hydroxyl groups is 1. The molecule has 0 saturated heterocycles. The lowest BCUT2D eigenvalue weighted by Crippen LogP contribution is -2.36. The molecular weight excluding hydrogens is 488 g/mol. The molecule has 0 fully saturated rings. The molecule has 0 spiro atoms. The van der Waals surface area contributed by atoms with Crippen LogP contribution in [0.15, 0.2) is 96.4 Å². The first kappa shape index (κ1) is 24.9. The van der Waals surface area contributed by atoms with E-state index in [1.54, 1.807) is 42.9 Å². The molecule has 1 aliphatic heterocycles. The molecule has 190 valence electrons. The molecule has 3 heterocycles. The molecule has 2 aromatic carbocycles. The minimum atomic E-state index is -3.70. The standard InChI is InChI=1S/C28H28N4O4S/c33-27(23-3-1-13-29-16-23)19-31-18-25-9-5-22-15-21(8-12-28(22)36-25)20-6-10-26(11-7-20)37(34,35)32-24-4-2-14-30-17-24/h1-4,6-8,10-17,25,27,31-33H,5,9,18-19H2/t25-,27-/m1/s1. The lowest BCUT2D eigenvalue weighted by molar-refractivity contribution is 0.146. The highest BCUT2D eigenvalue weighted by Crippen LogP contribution is 2.32. The predicted octanol–water partition coefficient (Wildman–Crippen LogP) is 3.96. The molecule has 4 aromatic rings. The largest absolute Gasteiger partial charge is 0.489 e. The van der Waals surface area contributed by atoms with Crippen molar-refractivity contribution in [1.82, 2.24) is 15.3 Å². The number of aliphatic hydroxyl groups excluding tert-OH is 1. The summed E-state index contributed by atoms with van der Waals surface area (Å²) in [6.45, 7) is 1.07. The Balaban J connectivity index is 1.19. The summed E-state index contributed by atoms with van der Waals surface area (Å²) in [5.74, 6) is 0.856. The number of rotatable bonds is 9. The van der Waals surface area contributed by atoms with Crippen LogP contribution < -0.4 is 14.8 Å². The summed E-state index contributed by atoms with van der Waals surface area (Å²) >= 11 is 0. The van der Waals surface area contributed by atoms with Gasteiger partial charge in [-0.2, -0.15) is 0 Å². The molecule has 0 saturated carbocycles. The molecule has 9 heteroatoms. The normalized spacial score (nSPS) is 15.9. The highest BCUT2D eigenvalue weighted by Gasteiger charge is 2.21. The van der Waals surface area contributed by atoms with E-state index in [0.29, 0.717) is 18.8 Å². The molecule has 0 aliphatic carbocycles. The van der Waals surface area contributed by atoms with Crippen molar-refractivity contribution in [3.05, 3.63) is 103 Å². The Hall–Kier alpha value is -3.79. The van der Waals surface area contributed by atoms with Crippen molar-refractivity contribution in [2.24, 2.45) is 0 Å². The lowest BCUT2D eigenvalue weighted by atomic mass is 9.97. The lowest BCUT2D eigenvalue weighted by Gasteiger charge is -2.27. The number of nitrogens with one attached hydrogen (secondary N) is 2. The summed E-state index contributed by atoms with van der Waals surface area (Å²) in [5.41, 5.74) is 4.25. The van der Waals surface area contributed by atoms with Gasteiger partial charge in [0.25, 0.3) is 10.0 Å². The number of hydrogen-bond donors (Lipinski definition) is 3. The third-order valence-corrected chi connectivity index (χ3v) is 7.68. The molecule has 0 radical (unpaired) electrons. The summed E-state index contributed by atoms with van der Waals surface area (Å²) in [4.78, 5) is 8.17. The number of fused-ring (bicyclic) bond motifs is 1. The van der Waals surface area contributed by atoms with E-state index in [9.17, 15) is 13.5 Å². The number of anilines is 1. The minimum absolute atomic E-state index is 0.0243. The molecule has 0 bridgehead atoms. The first-order valence-electron chi connectivity index (χ1n) is 12.1. The van der Waals surface area contributed by atoms with Gasteiger partial charge in [-0.15, -0.1) is 0 Å². The van der Waals surface area contributed by atoms with E-state index in [4.69, 9.17) is 4.74 Å². The number of nitrogens with zero attached hydrogens (tertiary/aromatic N) is 2. The van der Waals surface area contributed by atoms with E-state index < -0.39 is 16.1 Å². The maximum atomic E-state index is 12.7. The van der Waals surface area contributed by atoms with Crippen molar-refractivity contribution < 1.29 is 18.3 Å². The molecule has 0 amide bonds. The molecule has 0 unspecified atom stereocenters. The third kappa shape index (κ3) is 6.14. The second kappa shape index (κ2) is 11.1. The highest BCUT2D eigenvalue weighted by molar-refractivity contribution is 7.92. The van der Waals surface area contributed by atoms with Gasteiger partial charge in [-0.1, -0.05) is 24.3 Å². The molecule has 37 heavy (non-hydrogen) atoms. The zero-order valence-electron chi connectivity index (χ0n) is 20.1. The van der Waals surface area contributed by atoms with Gasteiger partial charge < -0.3 is 15.2 Å². The number of aromatic nitrogens is 2. The number of ether oxygens (including phenoxy) is 1. The molecule has 1 aliphatic rings. The van der Waals surface area contributed by atoms with Crippen molar-refractivity contribution in [2.75, 3.05) is 17.8 Å². The molecule has 8 nitrogen and oxygen atoms in total. The van der Waals surface area contributed by atoms with Crippen LogP contribution in [0.4, 0.5) is 5.69 Å². The van der Waals surface area contributed by atoms with Crippen molar-refractivity contribution in [1.29, 1.82) is 0 Å². The van der Waals surface area contributed by atoms with Crippen LogP contribution in [-0.4, -0.2) is 42.7 Å². The van der Waals surface area contributed by atoms with Crippen molar-refractivity contribution in [3.63, 3.8) is 0 Å². The Labute approximate surface area is 216 Å². The van der Waals surface area contributed by atoms with Crippen LogP contribution in [0.5, 0.6) is 5.75 Å². The molecule has 2 aromatic heterocycles. The summed E-state index contributed by atoms with van der Waals surface area (Å²) < 4.78 is 34.1. The van der Waals surface area contributed by atoms with E-state index in [1.807, 2.05) is 36.4 Å². The van der Waals surface area contributed by atoms with Crippen LogP contribution in [0.3, 0.4) is 0 Å². The average molecular weight is 517 g/mol. The zero-order chi connectivity index (χ0) is 25.7. The minimum Gasteiger partial charge on any atom is -0.489 e. The van der Waals surface area contributed by atoms with E-state index in [0.717, 1.165) is 40.8 Å². The number of pyridine rings is 2. The highest BCUT2D eigenvalue weighted by atomic mass is 32.2. The predicted molar refractivity (Wildman–Crippen MR) is 142 cm³/mol. The van der Waals surface area contributed by atoms with Gasteiger partial charge in [0, 0.05) is 37.2 Å². The van der Waals surface area contributed by atoms with E-state index in [2.05, 4.69) is 26.1 Å². The van der Waals surface area contributed by atoms with Crippen molar-refractivity contribution >= 4 is 15.7 Å². The monoisotopic (exact) mass is 516 g/mol. The molecule has 3 N–H and O–H groups in total. The Kier molecular flexibility index (Phi) is 7.45. The van der Waals surface area contributed by atoms with Gasteiger partial charge in [-0.05, 0) is 72.0 Å². The fourth-order valence-electron chi connectivity index (χ4n) is 4.30. The Morgan fingerprint density at radius 3 is 2.46 bits per heavy atom. The fourth-order valence-corrected chi connectivity index (χ4v) is 5.35. The SMILES string of the molecule is O=S(=O)(Nc1cccnc1)c1ccc(-c2ccc3c(c2)CC[C@H](CNC[C@@H](O)c2cccnc2)O3)cc1. The smallest absolute Gasteiger partial charge is 0.261 e. The van der Waals surface area contributed by atoms with E-state index >= 15 is 0 Å². The summed E-state index contributed by atoms with van der Waals surface area (Å²) in [5, 5.41) is 13.6. The van der Waals surface area contributed by atoms with Gasteiger partial charge in [-0.3, -0.25) is 14.7 Å². The quantitative estimate of drug-likeness (QED) is 0.309. The second-order valence-corrected chi connectivity index (χ2v) is 10.6. The maximum absolute atomic E-state index is 12.7. The van der Waals surface area contributed by atoms with Gasteiger partial charge in [0.2, 0.25) is 0 Å². The van der Waals surface area contributed by atoms with Crippen LogP contribution in [0.2, 0.25) is 0 Å². The Morgan fingerprint density at radius 2 is 1.73 bits per heavy atom. The molecular formula is C28H28N4O4S. The second-order valence-electron chi connectivity index (χ2n) is 8.93. The number of benzene rings is 2. The van der Waals surface area contributed by atoms with E-state index in [1.165, 1.54) is 6.20 Å². The van der Waals surface area contributed by atoms with Crippen LogP contribution >= 0.6 is 0 Å².